The Labute approximate surface area is 132 Å². The monoisotopic (exact) mass is 313 g/mol. The van der Waals surface area contributed by atoms with Crippen molar-refractivity contribution in [2.45, 2.75) is 6.92 Å². The topological polar surface area (TPSA) is 93.8 Å². The number of para-hydroxylation sites is 1. The number of carbonyl (C=O) groups excluding carboxylic acids is 1. The molecule has 1 amide bonds. The lowest BCUT2D eigenvalue weighted by molar-refractivity contribution is -0.384. The van der Waals surface area contributed by atoms with Crippen molar-refractivity contribution in [1.82, 2.24) is 5.43 Å². The quantitative estimate of drug-likeness (QED) is 0.503. The van der Waals surface area contributed by atoms with Crippen LogP contribution in [0.2, 0.25) is 0 Å². The largest absolute Gasteiger partial charge is 0.483 e. The second kappa shape index (κ2) is 7.69. The summed E-state index contributed by atoms with van der Waals surface area (Å²) in [5, 5.41) is 14.4. The molecule has 0 aliphatic rings. The molecule has 0 aromatic heterocycles. The molecule has 0 aliphatic heterocycles. The Morgan fingerprint density at radius 2 is 2.09 bits per heavy atom. The average Bonchev–Trinajstić information content (AvgIpc) is 2.54. The normalized spacial score (nSPS) is 10.5. The van der Waals surface area contributed by atoms with Gasteiger partial charge >= 0.3 is 0 Å². The Morgan fingerprint density at radius 1 is 1.30 bits per heavy atom. The van der Waals surface area contributed by atoms with Gasteiger partial charge in [0.15, 0.2) is 6.61 Å². The van der Waals surface area contributed by atoms with E-state index < -0.39 is 10.8 Å². The molecule has 2 aromatic rings. The zero-order valence-corrected chi connectivity index (χ0v) is 12.4. The van der Waals surface area contributed by atoms with Gasteiger partial charge in [0, 0.05) is 17.7 Å². The van der Waals surface area contributed by atoms with Crippen LogP contribution in [0, 0.1) is 17.0 Å². The molecule has 2 aromatic carbocycles. The standard InChI is InChI=1S/C16H15N3O4/c1-12-5-2-3-8-15(12)23-11-16(20)18-17-10-13-6-4-7-14(9-13)19(21)22/h2-10H,11H2,1H3,(H,18,20)/b17-10-. The maximum atomic E-state index is 11.6. The van der Waals surface area contributed by atoms with E-state index in [9.17, 15) is 14.9 Å². The first-order valence-corrected chi connectivity index (χ1v) is 6.81. The lowest BCUT2D eigenvalue weighted by atomic mass is 10.2. The molecule has 1 N–H and O–H groups in total. The van der Waals surface area contributed by atoms with Crippen LogP contribution in [0.5, 0.6) is 5.75 Å². The van der Waals surface area contributed by atoms with E-state index >= 15 is 0 Å². The number of nitro groups is 1. The lowest BCUT2D eigenvalue weighted by Gasteiger charge is -2.07. The van der Waals surface area contributed by atoms with Gasteiger partial charge in [0.2, 0.25) is 0 Å². The minimum atomic E-state index is -0.494. The van der Waals surface area contributed by atoms with Crippen LogP contribution in [0.1, 0.15) is 11.1 Å². The Hall–Kier alpha value is -3.22. The van der Waals surface area contributed by atoms with Crippen LogP contribution in [-0.4, -0.2) is 23.7 Å². The van der Waals surface area contributed by atoms with E-state index in [1.54, 1.807) is 18.2 Å². The molecule has 0 fully saturated rings. The first-order valence-electron chi connectivity index (χ1n) is 6.81. The van der Waals surface area contributed by atoms with E-state index in [2.05, 4.69) is 10.5 Å². The minimum Gasteiger partial charge on any atom is -0.483 e. The number of non-ortho nitro benzene ring substituents is 1. The number of aryl methyl sites for hydroxylation is 1. The van der Waals surface area contributed by atoms with Gasteiger partial charge in [-0.15, -0.1) is 0 Å². The summed E-state index contributed by atoms with van der Waals surface area (Å²) in [5.41, 5.74) is 3.71. The van der Waals surface area contributed by atoms with Crippen LogP contribution < -0.4 is 10.2 Å². The van der Waals surface area contributed by atoms with E-state index in [-0.39, 0.29) is 12.3 Å². The third-order valence-electron chi connectivity index (χ3n) is 2.94. The zero-order valence-electron chi connectivity index (χ0n) is 12.4. The zero-order chi connectivity index (χ0) is 16.7. The molecule has 0 aliphatic carbocycles. The number of rotatable bonds is 6. The minimum absolute atomic E-state index is 0.0387. The Morgan fingerprint density at radius 3 is 2.83 bits per heavy atom. The van der Waals surface area contributed by atoms with E-state index in [1.807, 2.05) is 25.1 Å². The van der Waals surface area contributed by atoms with Crippen LogP contribution in [-0.2, 0) is 4.79 Å². The van der Waals surface area contributed by atoms with Crippen molar-refractivity contribution in [2.75, 3.05) is 6.61 Å². The van der Waals surface area contributed by atoms with Gasteiger partial charge in [-0.05, 0) is 18.6 Å². The fourth-order valence-electron chi connectivity index (χ4n) is 1.79. The first kappa shape index (κ1) is 16.2. The van der Waals surface area contributed by atoms with Crippen LogP contribution in [0.4, 0.5) is 5.69 Å². The number of hydrogen-bond acceptors (Lipinski definition) is 5. The van der Waals surface area contributed by atoms with Crippen molar-refractivity contribution in [2.24, 2.45) is 5.10 Å². The van der Waals surface area contributed by atoms with Crippen LogP contribution >= 0.6 is 0 Å². The fraction of sp³-hybridized carbons (Fsp3) is 0.125. The Kier molecular flexibility index (Phi) is 5.40. The molecule has 0 heterocycles. The maximum Gasteiger partial charge on any atom is 0.277 e. The predicted octanol–water partition coefficient (Wildman–Crippen LogP) is 2.43. The number of hydrazone groups is 1. The molecule has 7 nitrogen and oxygen atoms in total. The second-order valence-corrected chi connectivity index (χ2v) is 4.70. The van der Waals surface area contributed by atoms with Gasteiger partial charge in [-0.25, -0.2) is 5.43 Å². The molecule has 0 saturated carbocycles. The number of benzene rings is 2. The Balaban J connectivity index is 1.85. The van der Waals surface area contributed by atoms with Crippen molar-refractivity contribution in [1.29, 1.82) is 0 Å². The van der Waals surface area contributed by atoms with Crippen LogP contribution in [0.25, 0.3) is 0 Å². The van der Waals surface area contributed by atoms with Gasteiger partial charge in [0.25, 0.3) is 11.6 Å². The summed E-state index contributed by atoms with van der Waals surface area (Å²) in [6.45, 7) is 1.71. The van der Waals surface area contributed by atoms with Gasteiger partial charge in [-0.1, -0.05) is 30.3 Å². The highest BCUT2D eigenvalue weighted by Crippen LogP contribution is 2.15. The number of nitro benzene ring substituents is 1. The van der Waals surface area contributed by atoms with E-state index in [0.29, 0.717) is 11.3 Å². The van der Waals surface area contributed by atoms with Gasteiger partial charge in [-0.3, -0.25) is 14.9 Å². The van der Waals surface area contributed by atoms with Gasteiger partial charge < -0.3 is 4.74 Å². The highest BCUT2D eigenvalue weighted by molar-refractivity contribution is 5.83. The number of hydrogen-bond donors (Lipinski definition) is 1. The van der Waals surface area contributed by atoms with Crippen molar-refractivity contribution in [3.8, 4) is 5.75 Å². The van der Waals surface area contributed by atoms with Gasteiger partial charge in [0.05, 0.1) is 11.1 Å². The third kappa shape index (κ3) is 4.92. The van der Waals surface area contributed by atoms with Gasteiger partial charge in [0.1, 0.15) is 5.75 Å². The predicted molar refractivity (Wildman–Crippen MR) is 85.5 cm³/mol. The van der Waals surface area contributed by atoms with Crippen molar-refractivity contribution >= 4 is 17.8 Å². The second-order valence-electron chi connectivity index (χ2n) is 4.70. The lowest BCUT2D eigenvalue weighted by Crippen LogP contribution is -2.24. The fourth-order valence-corrected chi connectivity index (χ4v) is 1.79. The van der Waals surface area contributed by atoms with Crippen molar-refractivity contribution in [3.63, 3.8) is 0 Å². The molecule has 23 heavy (non-hydrogen) atoms. The smallest absolute Gasteiger partial charge is 0.277 e. The average molecular weight is 313 g/mol. The molecule has 0 unspecified atom stereocenters. The SMILES string of the molecule is Cc1ccccc1OCC(=O)N/N=C\c1cccc([N+](=O)[O-])c1. The summed E-state index contributed by atoms with van der Waals surface area (Å²) in [4.78, 5) is 21.8. The summed E-state index contributed by atoms with van der Waals surface area (Å²) < 4.78 is 5.38. The number of ether oxygens (including phenoxy) is 1. The molecule has 118 valence electrons. The molecule has 7 heteroatoms. The van der Waals surface area contributed by atoms with Crippen LogP contribution in [0.15, 0.2) is 53.6 Å². The summed E-state index contributed by atoms with van der Waals surface area (Å²) in [7, 11) is 0. The number of carbonyl (C=O) groups is 1. The Bertz CT molecular complexity index is 744. The van der Waals surface area contributed by atoms with Crippen molar-refractivity contribution in [3.05, 3.63) is 69.8 Å². The molecular weight excluding hydrogens is 298 g/mol. The molecule has 2 rings (SSSR count). The number of nitrogens with zero attached hydrogens (tertiary/aromatic N) is 2. The van der Waals surface area contributed by atoms with E-state index in [4.69, 9.17) is 4.74 Å². The highest BCUT2D eigenvalue weighted by atomic mass is 16.6. The van der Waals surface area contributed by atoms with E-state index in [1.165, 1.54) is 18.3 Å². The van der Waals surface area contributed by atoms with E-state index in [0.717, 1.165) is 5.56 Å². The molecule has 0 radical (unpaired) electrons. The number of nitrogens with one attached hydrogen (secondary N) is 1. The molecule has 0 atom stereocenters. The van der Waals surface area contributed by atoms with Gasteiger partial charge in [-0.2, -0.15) is 5.10 Å². The molecule has 0 saturated heterocycles. The molecule has 0 bridgehead atoms. The third-order valence-corrected chi connectivity index (χ3v) is 2.94. The summed E-state index contributed by atoms with van der Waals surface area (Å²) in [6.07, 6.45) is 1.33. The molecule has 0 spiro atoms. The first-order chi connectivity index (χ1) is 11.1. The molecular formula is C16H15N3O4. The summed E-state index contributed by atoms with van der Waals surface area (Å²) >= 11 is 0. The summed E-state index contributed by atoms with van der Waals surface area (Å²) in [6, 6.07) is 13.3. The number of amides is 1. The van der Waals surface area contributed by atoms with Crippen LogP contribution in [0.3, 0.4) is 0 Å². The highest BCUT2D eigenvalue weighted by Gasteiger charge is 2.05. The summed E-state index contributed by atoms with van der Waals surface area (Å²) in [5.74, 6) is 0.209. The van der Waals surface area contributed by atoms with Crippen molar-refractivity contribution < 1.29 is 14.5 Å². The maximum absolute atomic E-state index is 11.6.